The quantitative estimate of drug-likeness (QED) is 0.698. The molecule has 0 spiro atoms. The molecule has 7 heteroatoms. The number of alkyl halides is 2. The fraction of sp³-hybridized carbons (Fsp3) is 0.200. The number of carbonyl (C=O) groups excluding carboxylic acids is 2. The third kappa shape index (κ3) is 7.27. The van der Waals surface area contributed by atoms with E-state index in [1.165, 1.54) is 18.2 Å². The van der Waals surface area contributed by atoms with E-state index in [9.17, 15) is 18.4 Å². The van der Waals surface area contributed by atoms with Gasteiger partial charge < -0.3 is 15.4 Å². The van der Waals surface area contributed by atoms with Crippen LogP contribution < -0.4 is 15.4 Å². The van der Waals surface area contributed by atoms with Crippen molar-refractivity contribution in [3.8, 4) is 5.75 Å². The average molecular weight is 374 g/mol. The molecule has 0 saturated heterocycles. The molecule has 0 radical (unpaired) electrons. The lowest BCUT2D eigenvalue weighted by Crippen LogP contribution is -2.44. The molecule has 5 nitrogen and oxygen atoms in total. The topological polar surface area (TPSA) is 67.4 Å². The Balaban J connectivity index is 1.78. The molecule has 0 saturated carbocycles. The zero-order valence-electron chi connectivity index (χ0n) is 14.7. The monoisotopic (exact) mass is 374 g/mol. The largest absolute Gasteiger partial charge is 0.435 e. The Morgan fingerprint density at radius 2 is 1.74 bits per heavy atom. The van der Waals surface area contributed by atoms with Gasteiger partial charge in [0.05, 0.1) is 0 Å². The minimum absolute atomic E-state index is 0.0471. The molecule has 142 valence electrons. The van der Waals surface area contributed by atoms with Gasteiger partial charge >= 0.3 is 6.61 Å². The lowest BCUT2D eigenvalue weighted by atomic mass is 10.2. The number of benzene rings is 2. The van der Waals surface area contributed by atoms with E-state index in [0.717, 1.165) is 5.56 Å². The molecule has 0 aliphatic heterocycles. The second-order valence-corrected chi connectivity index (χ2v) is 5.71. The molecule has 1 unspecified atom stereocenters. The molecule has 0 aliphatic rings. The molecule has 27 heavy (non-hydrogen) atoms. The van der Waals surface area contributed by atoms with Crippen LogP contribution in [0.2, 0.25) is 0 Å². The van der Waals surface area contributed by atoms with E-state index in [2.05, 4.69) is 15.4 Å². The van der Waals surface area contributed by atoms with Gasteiger partial charge in [-0.15, -0.1) is 0 Å². The van der Waals surface area contributed by atoms with Crippen LogP contribution in [0.3, 0.4) is 0 Å². The molecular formula is C20H20F2N2O3. The van der Waals surface area contributed by atoms with Gasteiger partial charge in [0.2, 0.25) is 11.8 Å². The molecule has 2 N–H and O–H groups in total. The Hall–Kier alpha value is -3.22. The Labute approximate surface area is 156 Å². The summed E-state index contributed by atoms with van der Waals surface area (Å²) in [6, 6.07) is 14.5. The SMILES string of the molecule is CC(NC(=O)/C=C/c1ccccc1)C(=O)NCc1ccc(OC(F)F)cc1. The highest BCUT2D eigenvalue weighted by Crippen LogP contribution is 2.14. The number of hydrogen-bond acceptors (Lipinski definition) is 3. The number of carbonyl (C=O) groups is 2. The van der Waals surface area contributed by atoms with E-state index in [-0.39, 0.29) is 24.1 Å². The van der Waals surface area contributed by atoms with E-state index < -0.39 is 12.7 Å². The minimum atomic E-state index is -2.88. The molecule has 0 fully saturated rings. The molecule has 0 aliphatic carbocycles. The van der Waals surface area contributed by atoms with E-state index >= 15 is 0 Å². The zero-order valence-corrected chi connectivity index (χ0v) is 14.7. The molecule has 1 atom stereocenters. The van der Waals surface area contributed by atoms with Gasteiger partial charge in [-0.2, -0.15) is 8.78 Å². The summed E-state index contributed by atoms with van der Waals surface area (Å²) in [5.41, 5.74) is 1.59. The average Bonchev–Trinajstić information content (AvgIpc) is 2.66. The van der Waals surface area contributed by atoms with Crippen LogP contribution in [-0.4, -0.2) is 24.5 Å². The lowest BCUT2D eigenvalue weighted by molar-refractivity contribution is -0.126. The number of halogens is 2. The highest BCUT2D eigenvalue weighted by atomic mass is 19.3. The number of amides is 2. The third-order valence-corrected chi connectivity index (χ3v) is 3.59. The minimum Gasteiger partial charge on any atom is -0.435 e. The first-order chi connectivity index (χ1) is 12.9. The van der Waals surface area contributed by atoms with Crippen molar-refractivity contribution in [1.29, 1.82) is 0 Å². The van der Waals surface area contributed by atoms with Gasteiger partial charge in [0.15, 0.2) is 0 Å². The first-order valence-corrected chi connectivity index (χ1v) is 8.29. The van der Waals surface area contributed by atoms with Crippen molar-refractivity contribution in [3.63, 3.8) is 0 Å². The van der Waals surface area contributed by atoms with Crippen LogP contribution in [-0.2, 0) is 16.1 Å². The van der Waals surface area contributed by atoms with E-state index in [1.807, 2.05) is 30.3 Å². The van der Waals surface area contributed by atoms with E-state index in [1.54, 1.807) is 25.1 Å². The first kappa shape index (κ1) is 20.1. The fourth-order valence-electron chi connectivity index (χ4n) is 2.19. The smallest absolute Gasteiger partial charge is 0.387 e. The summed E-state index contributed by atoms with van der Waals surface area (Å²) in [7, 11) is 0. The van der Waals surface area contributed by atoms with Crippen molar-refractivity contribution in [3.05, 3.63) is 71.8 Å². The maximum atomic E-state index is 12.1. The third-order valence-electron chi connectivity index (χ3n) is 3.59. The summed E-state index contributed by atoms with van der Waals surface area (Å²) in [4.78, 5) is 23.9. The predicted octanol–water partition coefficient (Wildman–Crippen LogP) is 3.12. The van der Waals surface area contributed by atoms with Crippen LogP contribution in [0.5, 0.6) is 5.75 Å². The van der Waals surface area contributed by atoms with Gasteiger partial charge in [0, 0.05) is 12.6 Å². The molecule has 0 heterocycles. The zero-order chi connectivity index (χ0) is 19.6. The highest BCUT2D eigenvalue weighted by Gasteiger charge is 2.14. The standard InChI is InChI=1S/C20H20F2N2O3/c1-14(24-18(25)12-9-15-5-3-2-4-6-15)19(26)23-13-16-7-10-17(11-8-16)27-20(21)22/h2-12,14,20H,13H2,1H3,(H,23,26)(H,24,25)/b12-9+. The van der Waals surface area contributed by atoms with Gasteiger partial charge in [0.1, 0.15) is 11.8 Å². The molecular weight excluding hydrogens is 354 g/mol. The summed E-state index contributed by atoms with van der Waals surface area (Å²) in [5.74, 6) is -0.690. The number of rotatable bonds is 8. The Morgan fingerprint density at radius 3 is 2.37 bits per heavy atom. The lowest BCUT2D eigenvalue weighted by Gasteiger charge is -2.13. The van der Waals surface area contributed by atoms with Gasteiger partial charge in [-0.3, -0.25) is 9.59 Å². The normalized spacial score (nSPS) is 12.0. The second kappa shape index (κ2) is 10.1. The van der Waals surface area contributed by atoms with Gasteiger partial charge in [0.25, 0.3) is 0 Å². The van der Waals surface area contributed by atoms with Gasteiger partial charge in [-0.05, 0) is 36.3 Å². The Bertz CT molecular complexity index is 778. The summed E-state index contributed by atoms with van der Waals surface area (Å²) < 4.78 is 28.5. The van der Waals surface area contributed by atoms with Crippen LogP contribution >= 0.6 is 0 Å². The van der Waals surface area contributed by atoms with E-state index in [4.69, 9.17) is 0 Å². The molecule has 2 rings (SSSR count). The van der Waals surface area contributed by atoms with Crippen molar-refractivity contribution < 1.29 is 23.1 Å². The maximum absolute atomic E-state index is 12.1. The van der Waals surface area contributed by atoms with Gasteiger partial charge in [-0.25, -0.2) is 0 Å². The number of hydrogen-bond donors (Lipinski definition) is 2. The second-order valence-electron chi connectivity index (χ2n) is 5.71. The summed E-state index contributed by atoms with van der Waals surface area (Å²) in [5, 5.41) is 5.25. The summed E-state index contributed by atoms with van der Waals surface area (Å²) in [6.07, 6.45) is 3.02. The molecule has 2 amide bonds. The van der Waals surface area contributed by atoms with Crippen LogP contribution in [0, 0.1) is 0 Å². The molecule has 2 aromatic carbocycles. The summed E-state index contributed by atoms with van der Waals surface area (Å²) >= 11 is 0. The molecule has 2 aromatic rings. The van der Waals surface area contributed by atoms with Crippen molar-refractivity contribution in [2.45, 2.75) is 26.1 Å². The van der Waals surface area contributed by atoms with Crippen LogP contribution in [0.25, 0.3) is 6.08 Å². The Morgan fingerprint density at radius 1 is 1.07 bits per heavy atom. The van der Waals surface area contributed by atoms with Crippen molar-refractivity contribution >= 4 is 17.9 Å². The van der Waals surface area contributed by atoms with E-state index in [0.29, 0.717) is 5.56 Å². The fourth-order valence-corrected chi connectivity index (χ4v) is 2.19. The molecule has 0 aromatic heterocycles. The predicted molar refractivity (Wildman–Crippen MR) is 98.0 cm³/mol. The van der Waals surface area contributed by atoms with Crippen LogP contribution in [0.15, 0.2) is 60.7 Å². The van der Waals surface area contributed by atoms with Gasteiger partial charge in [-0.1, -0.05) is 42.5 Å². The maximum Gasteiger partial charge on any atom is 0.387 e. The van der Waals surface area contributed by atoms with Crippen LogP contribution in [0.1, 0.15) is 18.1 Å². The number of ether oxygens (including phenoxy) is 1. The Kier molecular flexibility index (Phi) is 7.49. The first-order valence-electron chi connectivity index (χ1n) is 8.29. The molecule has 0 bridgehead atoms. The van der Waals surface area contributed by atoms with Crippen molar-refractivity contribution in [1.82, 2.24) is 10.6 Å². The van der Waals surface area contributed by atoms with Crippen molar-refractivity contribution in [2.24, 2.45) is 0 Å². The van der Waals surface area contributed by atoms with Crippen LogP contribution in [0.4, 0.5) is 8.78 Å². The highest BCUT2D eigenvalue weighted by molar-refractivity contribution is 5.95. The summed E-state index contributed by atoms with van der Waals surface area (Å²) in [6.45, 7) is -1.10. The van der Waals surface area contributed by atoms with Crippen molar-refractivity contribution in [2.75, 3.05) is 0 Å². The number of nitrogens with one attached hydrogen (secondary N) is 2.